The molecule has 62 heavy (non-hydrogen) atoms. The Bertz CT molecular complexity index is 3970. The van der Waals surface area contributed by atoms with Crippen LogP contribution in [-0.4, -0.2) is 23.5 Å². The van der Waals surface area contributed by atoms with E-state index in [2.05, 4.69) is 208 Å². The lowest BCUT2D eigenvalue weighted by Crippen LogP contribution is -1.96. The van der Waals surface area contributed by atoms with Gasteiger partial charge in [0.1, 0.15) is 5.58 Å². The standard InChI is InChI=1S/C56H37N5O/c1-34-11-7-12-36(27-34)37-13-8-14-41(30-37)59-48-18-4-3-15-45(48)54-43(16-9-21-51(54)59)39-22-24-47-52(33-39)61-50-20-6-5-19-49(50)60(56(61)58-47)42-29-35(2)28-40(31-42)38-23-25-53-46(32-38)44-17-10-26-57-55(44)62-53/h3-33H,1-2H3. The average molecular weight is 796 g/mol. The van der Waals surface area contributed by atoms with E-state index in [1.807, 2.05) is 6.07 Å². The molecule has 6 nitrogen and oxygen atoms in total. The van der Waals surface area contributed by atoms with Gasteiger partial charge in [-0.2, -0.15) is 0 Å². The number of aryl methyl sites for hydroxylation is 2. The van der Waals surface area contributed by atoms with E-state index in [9.17, 15) is 0 Å². The molecule has 0 N–H and O–H groups in total. The topological polar surface area (TPSA) is 53.2 Å². The predicted molar refractivity (Wildman–Crippen MR) is 255 cm³/mol. The number of pyridine rings is 1. The lowest BCUT2D eigenvalue weighted by Gasteiger charge is -2.11. The van der Waals surface area contributed by atoms with Crippen LogP contribution in [0, 0.1) is 13.8 Å². The van der Waals surface area contributed by atoms with E-state index >= 15 is 0 Å². The van der Waals surface area contributed by atoms with Crippen LogP contribution in [0.5, 0.6) is 0 Å². The molecule has 8 aromatic carbocycles. The van der Waals surface area contributed by atoms with Crippen molar-refractivity contribution in [3.05, 3.63) is 199 Å². The van der Waals surface area contributed by atoms with E-state index in [0.717, 1.165) is 72.3 Å². The van der Waals surface area contributed by atoms with Gasteiger partial charge in [0.25, 0.3) is 0 Å². The van der Waals surface area contributed by atoms with E-state index in [4.69, 9.17) is 9.40 Å². The molecule has 0 saturated heterocycles. The summed E-state index contributed by atoms with van der Waals surface area (Å²) in [6.07, 6.45) is 1.77. The molecule has 0 bridgehead atoms. The molecule has 13 aromatic rings. The first kappa shape index (κ1) is 34.6. The molecule has 0 aliphatic carbocycles. The first-order chi connectivity index (χ1) is 30.5. The zero-order valence-electron chi connectivity index (χ0n) is 34.0. The highest BCUT2D eigenvalue weighted by atomic mass is 16.3. The number of furan rings is 1. The molecule has 0 saturated carbocycles. The van der Waals surface area contributed by atoms with Gasteiger partial charge in [0.15, 0.2) is 0 Å². The van der Waals surface area contributed by atoms with Crippen molar-refractivity contribution in [3.8, 4) is 44.8 Å². The van der Waals surface area contributed by atoms with Crippen LogP contribution in [0.1, 0.15) is 11.1 Å². The highest BCUT2D eigenvalue weighted by Gasteiger charge is 2.21. The van der Waals surface area contributed by atoms with Crippen LogP contribution in [0.3, 0.4) is 0 Å². The molecular formula is C56H37N5O. The molecule has 0 aliphatic rings. The summed E-state index contributed by atoms with van der Waals surface area (Å²) in [6.45, 7) is 4.31. The number of nitrogens with zero attached hydrogens (tertiary/aromatic N) is 5. The van der Waals surface area contributed by atoms with Crippen LogP contribution >= 0.6 is 0 Å². The summed E-state index contributed by atoms with van der Waals surface area (Å²) in [5.74, 6) is 0.876. The van der Waals surface area contributed by atoms with Gasteiger partial charge in [-0.15, -0.1) is 0 Å². The monoisotopic (exact) mass is 795 g/mol. The van der Waals surface area contributed by atoms with Crippen molar-refractivity contribution in [2.24, 2.45) is 0 Å². The number of benzene rings is 8. The van der Waals surface area contributed by atoms with Crippen molar-refractivity contribution in [1.29, 1.82) is 0 Å². The molecule has 13 rings (SSSR count). The number of hydrogen-bond donors (Lipinski definition) is 0. The maximum absolute atomic E-state index is 6.06. The van der Waals surface area contributed by atoms with Gasteiger partial charge < -0.3 is 8.98 Å². The zero-order valence-corrected chi connectivity index (χ0v) is 34.0. The third kappa shape index (κ3) is 5.17. The van der Waals surface area contributed by atoms with E-state index in [-0.39, 0.29) is 0 Å². The Labute approximate surface area is 356 Å². The smallest absolute Gasteiger partial charge is 0.227 e. The fourth-order valence-electron chi connectivity index (χ4n) is 9.86. The van der Waals surface area contributed by atoms with Gasteiger partial charge in [-0.05, 0) is 138 Å². The van der Waals surface area contributed by atoms with Gasteiger partial charge >= 0.3 is 0 Å². The van der Waals surface area contributed by atoms with Gasteiger partial charge in [0.2, 0.25) is 11.5 Å². The zero-order chi connectivity index (χ0) is 41.1. The normalized spacial score (nSPS) is 12.0. The van der Waals surface area contributed by atoms with Crippen molar-refractivity contribution in [3.63, 3.8) is 0 Å². The Morgan fingerprint density at radius 2 is 1.16 bits per heavy atom. The molecule has 0 fully saturated rings. The number of rotatable bonds is 5. The molecule has 0 unspecified atom stereocenters. The molecule has 0 atom stereocenters. The third-order valence-corrected chi connectivity index (χ3v) is 12.6. The third-order valence-electron chi connectivity index (χ3n) is 12.6. The Morgan fingerprint density at radius 1 is 0.435 bits per heavy atom. The van der Waals surface area contributed by atoms with Crippen molar-refractivity contribution in [2.75, 3.05) is 0 Å². The molecule has 5 aromatic heterocycles. The maximum atomic E-state index is 6.06. The lowest BCUT2D eigenvalue weighted by atomic mass is 9.99. The molecule has 0 radical (unpaired) electrons. The molecular weight excluding hydrogens is 759 g/mol. The van der Waals surface area contributed by atoms with Crippen LogP contribution < -0.4 is 0 Å². The Kier molecular flexibility index (Phi) is 7.34. The van der Waals surface area contributed by atoms with Crippen molar-refractivity contribution in [1.82, 2.24) is 23.5 Å². The quantitative estimate of drug-likeness (QED) is 0.174. The van der Waals surface area contributed by atoms with E-state index in [0.29, 0.717) is 5.71 Å². The minimum absolute atomic E-state index is 0.656. The SMILES string of the molecule is Cc1cccc(-c2cccc(-n3c4ccccc4c4c(-c5ccc6nc7n(-c8cc(C)cc(-c9ccc%10oc%11ncccc%11c%10c9)c8)c8ccccc8n7c6c5)cccc43)c2)c1. The van der Waals surface area contributed by atoms with Gasteiger partial charge in [-0.25, -0.2) is 9.97 Å². The van der Waals surface area contributed by atoms with Gasteiger partial charge in [0, 0.05) is 33.4 Å². The second kappa shape index (κ2) is 13.1. The first-order valence-corrected chi connectivity index (χ1v) is 21.1. The summed E-state index contributed by atoms with van der Waals surface area (Å²) in [5, 5.41) is 4.53. The fraction of sp³-hybridized carbons (Fsp3) is 0.0357. The molecule has 5 heterocycles. The number of imidazole rings is 2. The van der Waals surface area contributed by atoms with Crippen molar-refractivity contribution in [2.45, 2.75) is 13.8 Å². The largest absolute Gasteiger partial charge is 0.438 e. The Morgan fingerprint density at radius 3 is 2.06 bits per heavy atom. The van der Waals surface area contributed by atoms with E-state index in [1.54, 1.807) is 6.20 Å². The predicted octanol–water partition coefficient (Wildman–Crippen LogP) is 14.4. The van der Waals surface area contributed by atoms with E-state index < -0.39 is 0 Å². The minimum atomic E-state index is 0.656. The first-order valence-electron chi connectivity index (χ1n) is 21.1. The molecule has 0 aliphatic heterocycles. The summed E-state index contributed by atoms with van der Waals surface area (Å²) in [5.41, 5.74) is 19.7. The second-order valence-electron chi connectivity index (χ2n) is 16.5. The number of para-hydroxylation sites is 3. The van der Waals surface area contributed by atoms with Crippen LogP contribution in [0.15, 0.2) is 193 Å². The summed E-state index contributed by atoms with van der Waals surface area (Å²) in [7, 11) is 0. The van der Waals surface area contributed by atoms with Crippen LogP contribution in [0.4, 0.5) is 0 Å². The lowest BCUT2D eigenvalue weighted by molar-refractivity contribution is 0.654. The number of aromatic nitrogens is 5. The molecule has 0 spiro atoms. The second-order valence-corrected chi connectivity index (χ2v) is 16.5. The molecule has 292 valence electrons. The summed E-state index contributed by atoms with van der Waals surface area (Å²) in [4.78, 5) is 9.81. The summed E-state index contributed by atoms with van der Waals surface area (Å²) >= 11 is 0. The highest BCUT2D eigenvalue weighted by molar-refractivity contribution is 6.16. The van der Waals surface area contributed by atoms with Crippen LogP contribution in [0.25, 0.3) is 116 Å². The van der Waals surface area contributed by atoms with Crippen molar-refractivity contribution >= 4 is 71.7 Å². The van der Waals surface area contributed by atoms with Crippen molar-refractivity contribution < 1.29 is 4.42 Å². The van der Waals surface area contributed by atoms with Crippen LogP contribution in [-0.2, 0) is 0 Å². The summed E-state index contributed by atoms with van der Waals surface area (Å²) < 4.78 is 13.1. The highest BCUT2D eigenvalue weighted by Crippen LogP contribution is 2.41. The maximum Gasteiger partial charge on any atom is 0.227 e. The molecule has 6 heteroatoms. The van der Waals surface area contributed by atoms with Gasteiger partial charge in [-0.3, -0.25) is 8.97 Å². The average Bonchev–Trinajstić information content (AvgIpc) is 4.05. The minimum Gasteiger partial charge on any atom is -0.438 e. The fourth-order valence-corrected chi connectivity index (χ4v) is 9.86. The number of hydrogen-bond acceptors (Lipinski definition) is 3. The van der Waals surface area contributed by atoms with Gasteiger partial charge in [-0.1, -0.05) is 103 Å². The Balaban J connectivity index is 0.982. The van der Waals surface area contributed by atoms with Crippen LogP contribution in [0.2, 0.25) is 0 Å². The number of fused-ring (bicyclic) bond motifs is 11. The van der Waals surface area contributed by atoms with E-state index in [1.165, 1.54) is 49.6 Å². The van der Waals surface area contributed by atoms with Gasteiger partial charge in [0.05, 0.1) is 38.8 Å². The Hall–Kier alpha value is -8.22. The summed E-state index contributed by atoms with van der Waals surface area (Å²) in [6, 6.07) is 65.7. The molecule has 0 amide bonds.